The van der Waals surface area contributed by atoms with Crippen LogP contribution in [-0.2, 0) is 13.0 Å². The van der Waals surface area contributed by atoms with Crippen molar-refractivity contribution in [3.63, 3.8) is 0 Å². The number of carbonyl (C=O) groups is 1. The molecule has 7 heteroatoms. The van der Waals surface area contributed by atoms with Crippen LogP contribution in [0.4, 0.5) is 0 Å². The Labute approximate surface area is 210 Å². The Hall–Kier alpha value is -4.26. The van der Waals surface area contributed by atoms with E-state index in [0.29, 0.717) is 42.5 Å². The molecule has 0 fully saturated rings. The van der Waals surface area contributed by atoms with E-state index in [9.17, 15) is 15.0 Å². The third-order valence-corrected chi connectivity index (χ3v) is 5.75. The van der Waals surface area contributed by atoms with E-state index in [1.165, 1.54) is 5.56 Å². The van der Waals surface area contributed by atoms with Gasteiger partial charge in [0.05, 0.1) is 30.2 Å². The fourth-order valence-corrected chi connectivity index (χ4v) is 3.98. The molecule has 0 saturated heterocycles. The number of aromatic hydroxyl groups is 1. The third-order valence-electron chi connectivity index (χ3n) is 5.75. The molecule has 0 amide bonds. The lowest BCUT2D eigenvalue weighted by Gasteiger charge is -2.11. The van der Waals surface area contributed by atoms with Crippen molar-refractivity contribution in [2.24, 2.45) is 0 Å². The van der Waals surface area contributed by atoms with Crippen LogP contribution in [0, 0.1) is 0 Å². The molecule has 3 aromatic carbocycles. The molecule has 0 saturated carbocycles. The van der Waals surface area contributed by atoms with Gasteiger partial charge in [-0.05, 0) is 67.8 Å². The first kappa shape index (κ1) is 24.9. The van der Waals surface area contributed by atoms with Gasteiger partial charge in [0, 0.05) is 17.7 Å². The number of aromatic carboxylic acids is 1. The summed E-state index contributed by atoms with van der Waals surface area (Å²) in [5.41, 5.74) is 4.22. The molecule has 2 N–H and O–H groups in total. The molecule has 1 aromatic heterocycles. The largest absolute Gasteiger partial charge is 0.504 e. The van der Waals surface area contributed by atoms with Gasteiger partial charge in [-0.25, -0.2) is 4.79 Å². The smallest absolute Gasteiger partial charge is 0.335 e. The standard InChI is InChI=1S/C29H30N2O5/c1-3-16-36-27-13-11-22(29(33)34)17-23(27)24-19-25(21-10-12-26(32)28(18-21)35-4-2)31(30-24)15-14-20-8-6-5-7-9-20/h5-13,17-19,32H,3-4,14-16H2,1-2H3,(H,33,34). The van der Waals surface area contributed by atoms with Crippen LogP contribution in [0.5, 0.6) is 17.2 Å². The third kappa shape index (κ3) is 5.68. The molecule has 0 aliphatic heterocycles. The second-order valence-electron chi connectivity index (χ2n) is 8.35. The topological polar surface area (TPSA) is 93.8 Å². The van der Waals surface area contributed by atoms with Gasteiger partial charge in [-0.1, -0.05) is 37.3 Å². The number of aryl methyl sites for hydroxylation is 2. The molecule has 0 radical (unpaired) electrons. The number of phenols is 1. The molecule has 4 rings (SSSR count). The SMILES string of the molecule is CCCOc1ccc(C(=O)O)cc1-c1cc(-c2ccc(O)c(OCC)c2)n(CCc2ccccc2)n1. The van der Waals surface area contributed by atoms with Gasteiger partial charge >= 0.3 is 5.97 Å². The van der Waals surface area contributed by atoms with Gasteiger partial charge in [0.25, 0.3) is 0 Å². The second kappa shape index (κ2) is 11.4. The number of carboxylic acid groups (broad SMARTS) is 1. The Bertz CT molecular complexity index is 1330. The molecule has 0 atom stereocenters. The minimum Gasteiger partial charge on any atom is -0.504 e. The predicted octanol–water partition coefficient (Wildman–Crippen LogP) is 6.05. The fourth-order valence-electron chi connectivity index (χ4n) is 3.98. The summed E-state index contributed by atoms with van der Waals surface area (Å²) in [5.74, 6) is 0.0384. The number of hydrogen-bond donors (Lipinski definition) is 2. The second-order valence-corrected chi connectivity index (χ2v) is 8.35. The maximum absolute atomic E-state index is 11.7. The number of carboxylic acids is 1. The van der Waals surface area contributed by atoms with Gasteiger partial charge in [-0.3, -0.25) is 4.68 Å². The first-order valence-electron chi connectivity index (χ1n) is 12.1. The Kier molecular flexibility index (Phi) is 7.90. The number of nitrogens with zero attached hydrogens (tertiary/aromatic N) is 2. The maximum atomic E-state index is 11.7. The van der Waals surface area contributed by atoms with E-state index in [4.69, 9.17) is 14.6 Å². The summed E-state index contributed by atoms with van der Waals surface area (Å²) >= 11 is 0. The van der Waals surface area contributed by atoms with Gasteiger partial charge in [0.15, 0.2) is 11.5 Å². The highest BCUT2D eigenvalue weighted by Gasteiger charge is 2.18. The Morgan fingerprint density at radius 3 is 2.47 bits per heavy atom. The zero-order chi connectivity index (χ0) is 25.5. The maximum Gasteiger partial charge on any atom is 0.335 e. The first-order valence-corrected chi connectivity index (χ1v) is 12.1. The highest BCUT2D eigenvalue weighted by atomic mass is 16.5. The molecule has 0 aliphatic carbocycles. The van der Waals surface area contributed by atoms with E-state index in [1.54, 1.807) is 30.3 Å². The van der Waals surface area contributed by atoms with Crippen LogP contribution in [0.15, 0.2) is 72.8 Å². The van der Waals surface area contributed by atoms with E-state index >= 15 is 0 Å². The molecule has 36 heavy (non-hydrogen) atoms. The van der Waals surface area contributed by atoms with Crippen LogP contribution >= 0.6 is 0 Å². The van der Waals surface area contributed by atoms with Crippen LogP contribution < -0.4 is 9.47 Å². The number of rotatable bonds is 11. The van der Waals surface area contributed by atoms with Gasteiger partial charge in [-0.2, -0.15) is 5.10 Å². The van der Waals surface area contributed by atoms with Crippen LogP contribution in [0.3, 0.4) is 0 Å². The van der Waals surface area contributed by atoms with Crippen molar-refractivity contribution >= 4 is 5.97 Å². The molecule has 4 aromatic rings. The van der Waals surface area contributed by atoms with E-state index in [-0.39, 0.29) is 11.3 Å². The predicted molar refractivity (Wildman–Crippen MR) is 139 cm³/mol. The number of aromatic nitrogens is 2. The molecular weight excluding hydrogens is 456 g/mol. The summed E-state index contributed by atoms with van der Waals surface area (Å²) in [7, 11) is 0. The quantitative estimate of drug-likeness (QED) is 0.268. The van der Waals surface area contributed by atoms with Gasteiger partial charge in [0.2, 0.25) is 0 Å². The zero-order valence-corrected chi connectivity index (χ0v) is 20.5. The summed E-state index contributed by atoms with van der Waals surface area (Å²) in [6.45, 7) is 5.42. The number of ether oxygens (including phenoxy) is 2. The van der Waals surface area contributed by atoms with Crippen LogP contribution in [0.2, 0.25) is 0 Å². The van der Waals surface area contributed by atoms with Gasteiger partial charge in [0.1, 0.15) is 5.75 Å². The van der Waals surface area contributed by atoms with Gasteiger partial charge in [-0.15, -0.1) is 0 Å². The zero-order valence-electron chi connectivity index (χ0n) is 20.5. The average molecular weight is 487 g/mol. The van der Waals surface area contributed by atoms with Crippen molar-refractivity contribution in [3.8, 4) is 39.8 Å². The average Bonchev–Trinajstić information content (AvgIpc) is 3.32. The number of benzene rings is 3. The number of phenolic OH excluding ortho intramolecular Hbond substituents is 1. The van der Waals surface area contributed by atoms with E-state index < -0.39 is 5.97 Å². The Morgan fingerprint density at radius 2 is 1.75 bits per heavy atom. The molecule has 0 aliphatic rings. The van der Waals surface area contributed by atoms with Crippen molar-refractivity contribution in [2.75, 3.05) is 13.2 Å². The summed E-state index contributed by atoms with van der Waals surface area (Å²) in [5, 5.41) is 24.7. The van der Waals surface area contributed by atoms with Crippen molar-refractivity contribution in [1.82, 2.24) is 9.78 Å². The molecule has 0 unspecified atom stereocenters. The van der Waals surface area contributed by atoms with Crippen molar-refractivity contribution in [2.45, 2.75) is 33.2 Å². The number of hydrogen-bond acceptors (Lipinski definition) is 5. The summed E-state index contributed by atoms with van der Waals surface area (Å²) in [4.78, 5) is 11.7. The first-order chi connectivity index (χ1) is 17.5. The molecule has 1 heterocycles. The van der Waals surface area contributed by atoms with Crippen molar-refractivity contribution in [1.29, 1.82) is 0 Å². The Balaban J connectivity index is 1.81. The molecular formula is C29H30N2O5. The minimum atomic E-state index is -1.01. The summed E-state index contributed by atoms with van der Waals surface area (Å²) in [6.07, 6.45) is 1.59. The molecule has 186 valence electrons. The van der Waals surface area contributed by atoms with Crippen LogP contribution in [0.25, 0.3) is 22.5 Å². The summed E-state index contributed by atoms with van der Waals surface area (Å²) < 4.78 is 13.4. The van der Waals surface area contributed by atoms with Gasteiger partial charge < -0.3 is 19.7 Å². The molecule has 0 bridgehead atoms. The van der Waals surface area contributed by atoms with Crippen LogP contribution in [0.1, 0.15) is 36.2 Å². The highest BCUT2D eigenvalue weighted by Crippen LogP contribution is 2.36. The summed E-state index contributed by atoms with van der Waals surface area (Å²) in [6, 6.07) is 22.1. The normalized spacial score (nSPS) is 10.8. The molecule has 7 nitrogen and oxygen atoms in total. The van der Waals surface area contributed by atoms with Crippen molar-refractivity contribution in [3.05, 3.63) is 83.9 Å². The lowest BCUT2D eigenvalue weighted by Crippen LogP contribution is -2.06. The monoisotopic (exact) mass is 486 g/mol. The lowest BCUT2D eigenvalue weighted by molar-refractivity contribution is 0.0697. The minimum absolute atomic E-state index is 0.0700. The van der Waals surface area contributed by atoms with Crippen LogP contribution in [-0.4, -0.2) is 39.2 Å². The fraction of sp³-hybridized carbons (Fsp3) is 0.241. The van der Waals surface area contributed by atoms with E-state index in [0.717, 1.165) is 24.1 Å². The van der Waals surface area contributed by atoms with E-state index in [1.807, 2.05) is 48.9 Å². The Morgan fingerprint density at radius 1 is 0.944 bits per heavy atom. The highest BCUT2D eigenvalue weighted by molar-refractivity contribution is 5.90. The molecule has 0 spiro atoms. The van der Waals surface area contributed by atoms with Crippen molar-refractivity contribution < 1.29 is 24.5 Å². The van der Waals surface area contributed by atoms with E-state index in [2.05, 4.69) is 12.1 Å². The lowest BCUT2D eigenvalue weighted by atomic mass is 10.0.